The molecule has 0 spiro atoms. The molecule has 0 aliphatic heterocycles. The average molecular weight is 177 g/mol. The molecule has 0 fully saturated rings. The van der Waals surface area contributed by atoms with Crippen molar-refractivity contribution < 1.29 is 20.1 Å². The average Bonchev–Trinajstić information content (AvgIpc) is 1.82. The van der Waals surface area contributed by atoms with Crippen LogP contribution in [0.2, 0.25) is 0 Å². The first kappa shape index (κ1) is 11.4. The summed E-state index contributed by atoms with van der Waals surface area (Å²) in [6, 6.07) is -0.414. The molecule has 72 valence electrons. The fourth-order valence-electron chi connectivity index (χ4n) is 0.954. The van der Waals surface area contributed by atoms with Crippen molar-refractivity contribution in [2.24, 2.45) is 0 Å². The summed E-state index contributed by atoms with van der Waals surface area (Å²) in [4.78, 5) is 10.3. The molecule has 0 radical (unpaired) electrons. The second kappa shape index (κ2) is 4.39. The lowest BCUT2D eigenvalue weighted by Crippen LogP contribution is -2.37. The third kappa shape index (κ3) is 6.09. The van der Waals surface area contributed by atoms with E-state index in [1.54, 1.807) is 7.05 Å². The molecular weight excluding hydrogens is 162 g/mol. The van der Waals surface area contributed by atoms with Gasteiger partial charge in [0.25, 0.3) is 0 Å². The van der Waals surface area contributed by atoms with Crippen LogP contribution >= 0.6 is 0 Å². The summed E-state index contributed by atoms with van der Waals surface area (Å²) in [5.74, 6) is -2.78. The van der Waals surface area contributed by atoms with Crippen LogP contribution in [0.15, 0.2) is 0 Å². The molecule has 0 heterocycles. The first-order valence-corrected chi connectivity index (χ1v) is 3.69. The van der Waals surface area contributed by atoms with E-state index in [0.717, 1.165) is 0 Å². The Bertz CT molecular complexity index is 152. The van der Waals surface area contributed by atoms with Gasteiger partial charge < -0.3 is 20.6 Å². The zero-order chi connectivity index (χ0) is 9.78. The normalized spacial score (nSPS) is 14.3. The van der Waals surface area contributed by atoms with E-state index in [4.69, 9.17) is 15.3 Å². The SMILES string of the molecule is CNC(CC(=O)O)CC(C)(O)O. The van der Waals surface area contributed by atoms with E-state index in [0.29, 0.717) is 0 Å². The minimum atomic E-state index is -1.82. The number of hydrogen-bond donors (Lipinski definition) is 4. The van der Waals surface area contributed by atoms with E-state index in [1.807, 2.05) is 0 Å². The van der Waals surface area contributed by atoms with Gasteiger partial charge in [0.05, 0.1) is 6.42 Å². The zero-order valence-corrected chi connectivity index (χ0v) is 7.24. The van der Waals surface area contributed by atoms with Crippen molar-refractivity contribution in [2.75, 3.05) is 7.05 Å². The van der Waals surface area contributed by atoms with Crippen LogP contribution in [0.1, 0.15) is 19.8 Å². The minimum absolute atomic E-state index is 0.00417. The summed E-state index contributed by atoms with van der Waals surface area (Å²) < 4.78 is 0. The first-order chi connectivity index (χ1) is 5.35. The maximum absolute atomic E-state index is 10.3. The topological polar surface area (TPSA) is 89.8 Å². The molecule has 0 rings (SSSR count). The third-order valence-corrected chi connectivity index (χ3v) is 1.46. The van der Waals surface area contributed by atoms with Crippen LogP contribution in [0.4, 0.5) is 0 Å². The van der Waals surface area contributed by atoms with Gasteiger partial charge in [-0.05, 0) is 14.0 Å². The van der Waals surface area contributed by atoms with E-state index in [9.17, 15) is 4.79 Å². The van der Waals surface area contributed by atoms with Crippen molar-refractivity contribution in [3.8, 4) is 0 Å². The molecule has 0 saturated carbocycles. The van der Waals surface area contributed by atoms with Crippen LogP contribution in [0.3, 0.4) is 0 Å². The van der Waals surface area contributed by atoms with Gasteiger partial charge in [-0.25, -0.2) is 0 Å². The number of aliphatic hydroxyl groups is 2. The van der Waals surface area contributed by atoms with Gasteiger partial charge in [0.1, 0.15) is 0 Å². The Hall–Kier alpha value is -0.650. The molecule has 0 bridgehead atoms. The molecule has 1 atom stereocenters. The molecule has 4 N–H and O–H groups in total. The second-order valence-electron chi connectivity index (χ2n) is 3.00. The maximum Gasteiger partial charge on any atom is 0.304 e. The van der Waals surface area contributed by atoms with Crippen molar-refractivity contribution in [1.29, 1.82) is 0 Å². The quantitative estimate of drug-likeness (QED) is 0.410. The summed E-state index contributed by atoms with van der Waals surface area (Å²) >= 11 is 0. The smallest absolute Gasteiger partial charge is 0.304 e. The highest BCUT2D eigenvalue weighted by atomic mass is 16.5. The van der Waals surface area contributed by atoms with Gasteiger partial charge in [-0.3, -0.25) is 4.79 Å². The lowest BCUT2D eigenvalue weighted by Gasteiger charge is -2.22. The molecule has 0 saturated heterocycles. The molecular formula is C7H15NO4. The monoisotopic (exact) mass is 177 g/mol. The van der Waals surface area contributed by atoms with Crippen LogP contribution in [-0.4, -0.2) is 40.2 Å². The molecule has 5 heteroatoms. The molecule has 0 aliphatic carbocycles. The summed E-state index contributed by atoms with van der Waals surface area (Å²) in [6.45, 7) is 1.22. The summed E-state index contributed by atoms with van der Waals surface area (Å²) in [7, 11) is 1.58. The van der Waals surface area contributed by atoms with Gasteiger partial charge in [-0.1, -0.05) is 0 Å². The van der Waals surface area contributed by atoms with E-state index < -0.39 is 17.8 Å². The number of carboxylic acid groups (broad SMARTS) is 1. The van der Waals surface area contributed by atoms with Crippen LogP contribution < -0.4 is 5.32 Å². The number of rotatable bonds is 5. The molecule has 1 unspecified atom stereocenters. The van der Waals surface area contributed by atoms with Crippen LogP contribution in [0.5, 0.6) is 0 Å². The molecule has 0 aromatic rings. The third-order valence-electron chi connectivity index (χ3n) is 1.46. The number of aliphatic carboxylic acids is 1. The maximum atomic E-state index is 10.3. The Kier molecular flexibility index (Phi) is 4.16. The molecule has 12 heavy (non-hydrogen) atoms. The van der Waals surface area contributed by atoms with E-state index >= 15 is 0 Å². The molecule has 5 nitrogen and oxygen atoms in total. The van der Waals surface area contributed by atoms with E-state index in [-0.39, 0.29) is 12.8 Å². The van der Waals surface area contributed by atoms with E-state index in [2.05, 4.69) is 5.32 Å². The van der Waals surface area contributed by atoms with Gasteiger partial charge in [0.2, 0.25) is 0 Å². The number of carboxylic acids is 1. The second-order valence-corrected chi connectivity index (χ2v) is 3.00. The number of nitrogens with one attached hydrogen (secondary N) is 1. The fraction of sp³-hybridized carbons (Fsp3) is 0.857. The Morgan fingerprint density at radius 1 is 1.58 bits per heavy atom. The predicted octanol–water partition coefficient (Wildman–Crippen LogP) is -0.860. The fourth-order valence-corrected chi connectivity index (χ4v) is 0.954. The van der Waals surface area contributed by atoms with E-state index in [1.165, 1.54) is 6.92 Å². The standard InChI is InChI=1S/C7H15NO4/c1-7(11,12)4-5(8-2)3-6(9)10/h5,8,11-12H,3-4H2,1-2H3,(H,9,10). The summed E-state index contributed by atoms with van der Waals surface area (Å²) in [5, 5.41) is 29.0. The first-order valence-electron chi connectivity index (χ1n) is 3.69. The number of hydrogen-bond acceptors (Lipinski definition) is 4. The largest absolute Gasteiger partial charge is 0.481 e. The van der Waals surface area contributed by atoms with Gasteiger partial charge in [-0.2, -0.15) is 0 Å². The van der Waals surface area contributed by atoms with Crippen molar-refractivity contribution in [3.63, 3.8) is 0 Å². The van der Waals surface area contributed by atoms with Crippen molar-refractivity contribution >= 4 is 5.97 Å². The molecule has 0 aromatic heterocycles. The predicted molar refractivity (Wildman–Crippen MR) is 42.6 cm³/mol. The highest BCUT2D eigenvalue weighted by molar-refractivity contribution is 5.67. The van der Waals surface area contributed by atoms with Crippen LogP contribution in [-0.2, 0) is 4.79 Å². The Labute approximate surface area is 71.0 Å². The summed E-state index contributed by atoms with van der Waals surface area (Å²) in [5.41, 5.74) is 0. The number of carbonyl (C=O) groups is 1. The summed E-state index contributed by atoms with van der Waals surface area (Å²) in [6.07, 6.45) is -0.122. The highest BCUT2D eigenvalue weighted by Gasteiger charge is 2.22. The van der Waals surface area contributed by atoms with Crippen molar-refractivity contribution in [3.05, 3.63) is 0 Å². The van der Waals surface area contributed by atoms with Gasteiger partial charge in [0, 0.05) is 12.5 Å². The Morgan fingerprint density at radius 3 is 2.33 bits per heavy atom. The lowest BCUT2D eigenvalue weighted by molar-refractivity contribution is -0.156. The van der Waals surface area contributed by atoms with Crippen LogP contribution in [0, 0.1) is 0 Å². The lowest BCUT2D eigenvalue weighted by atomic mass is 10.1. The Morgan fingerprint density at radius 2 is 2.08 bits per heavy atom. The van der Waals surface area contributed by atoms with Crippen molar-refractivity contribution in [1.82, 2.24) is 5.32 Å². The minimum Gasteiger partial charge on any atom is -0.481 e. The van der Waals surface area contributed by atoms with Gasteiger partial charge >= 0.3 is 5.97 Å². The highest BCUT2D eigenvalue weighted by Crippen LogP contribution is 2.09. The Balaban J connectivity index is 3.92. The molecule has 0 aromatic carbocycles. The van der Waals surface area contributed by atoms with Gasteiger partial charge in [0.15, 0.2) is 5.79 Å². The van der Waals surface area contributed by atoms with Crippen molar-refractivity contribution in [2.45, 2.75) is 31.6 Å². The molecule has 0 aliphatic rings. The van der Waals surface area contributed by atoms with Gasteiger partial charge in [-0.15, -0.1) is 0 Å². The molecule has 0 amide bonds. The van der Waals surface area contributed by atoms with Crippen LogP contribution in [0.25, 0.3) is 0 Å². The zero-order valence-electron chi connectivity index (χ0n) is 7.24.